The Balaban J connectivity index is 2.50. The van der Waals surface area contributed by atoms with Crippen molar-refractivity contribution in [3.05, 3.63) is 41.5 Å². The molecule has 5 nitrogen and oxygen atoms in total. The highest BCUT2D eigenvalue weighted by Crippen LogP contribution is 2.34. The van der Waals surface area contributed by atoms with E-state index in [1.165, 1.54) is 0 Å². The molecule has 1 aromatic rings. The maximum absolute atomic E-state index is 11.7. The van der Waals surface area contributed by atoms with Crippen molar-refractivity contribution in [1.29, 1.82) is 0 Å². The van der Waals surface area contributed by atoms with Gasteiger partial charge in [-0.2, -0.15) is 0 Å². The van der Waals surface area contributed by atoms with E-state index < -0.39 is 5.97 Å². The molecule has 1 aliphatic heterocycles. The van der Waals surface area contributed by atoms with Gasteiger partial charge in [0.15, 0.2) is 11.5 Å². The Bertz CT molecular complexity index is 738. The monoisotopic (exact) mass is 311 g/mol. The fourth-order valence-corrected chi connectivity index (χ4v) is 2.19. The molecule has 0 radical (unpaired) electrons. The van der Waals surface area contributed by atoms with Crippen molar-refractivity contribution in [2.45, 2.75) is 13.3 Å². The molecule has 23 heavy (non-hydrogen) atoms. The summed E-state index contributed by atoms with van der Waals surface area (Å²) in [5.74, 6) is 3.07. The van der Waals surface area contributed by atoms with E-state index >= 15 is 0 Å². The zero-order valence-corrected chi connectivity index (χ0v) is 13.1. The molecule has 2 rings (SSSR count). The zero-order valence-electron chi connectivity index (χ0n) is 13.1. The number of terminal acetylenes is 1. The summed E-state index contributed by atoms with van der Waals surface area (Å²) in [6.45, 7) is 5.59. The van der Waals surface area contributed by atoms with Gasteiger partial charge in [0.2, 0.25) is 0 Å². The number of carbonyl (C=O) groups excluding carboxylic acids is 1. The molecule has 0 fully saturated rings. The second-order valence-electron chi connectivity index (χ2n) is 4.81. The van der Waals surface area contributed by atoms with E-state index in [0.717, 1.165) is 11.1 Å². The first-order chi connectivity index (χ1) is 11.1. The molecule has 1 aliphatic rings. The van der Waals surface area contributed by atoms with E-state index in [2.05, 4.69) is 22.5 Å². The van der Waals surface area contributed by atoms with Crippen LogP contribution in [-0.4, -0.2) is 25.4 Å². The van der Waals surface area contributed by atoms with Crippen LogP contribution in [0.4, 0.5) is 0 Å². The van der Waals surface area contributed by atoms with Gasteiger partial charge in [0, 0.05) is 5.56 Å². The number of ether oxygens (including phenoxy) is 2. The number of rotatable bonds is 6. The molecule has 0 unspecified atom stereocenters. The van der Waals surface area contributed by atoms with Crippen LogP contribution in [0.5, 0.6) is 11.5 Å². The van der Waals surface area contributed by atoms with Gasteiger partial charge in [-0.3, -0.25) is 0 Å². The first-order valence-corrected chi connectivity index (χ1v) is 6.96. The largest absolute Gasteiger partial charge is 0.493 e. The third-order valence-electron chi connectivity index (χ3n) is 3.22. The Morgan fingerprint density at radius 2 is 2.26 bits per heavy atom. The standard InChI is InChI=1S/C18H17NO4/c1-5-7-14-9-13(10-15-12(3)19-23-18(15)20)11-16(21-4)17(14)22-8-6-2/h2,5,9-11H,1,7-8H2,3-4H3/b15-10-. The molecule has 0 saturated heterocycles. The summed E-state index contributed by atoms with van der Waals surface area (Å²) in [5, 5.41) is 3.66. The number of methoxy groups -OCH3 is 1. The first-order valence-electron chi connectivity index (χ1n) is 6.96. The van der Waals surface area contributed by atoms with Crippen LogP contribution in [0.3, 0.4) is 0 Å². The number of hydrogen-bond donors (Lipinski definition) is 0. The zero-order chi connectivity index (χ0) is 16.8. The molecular weight excluding hydrogens is 294 g/mol. The van der Waals surface area contributed by atoms with Gasteiger partial charge in [-0.15, -0.1) is 13.0 Å². The Labute approximate surface area is 135 Å². The van der Waals surface area contributed by atoms with E-state index in [0.29, 0.717) is 29.2 Å². The summed E-state index contributed by atoms with van der Waals surface area (Å²) in [7, 11) is 1.54. The van der Waals surface area contributed by atoms with Crippen LogP contribution in [0, 0.1) is 12.3 Å². The predicted octanol–water partition coefficient (Wildman–Crippen LogP) is 2.75. The lowest BCUT2D eigenvalue weighted by molar-refractivity contribution is -0.136. The van der Waals surface area contributed by atoms with Crippen molar-refractivity contribution in [1.82, 2.24) is 0 Å². The molecule has 1 heterocycles. The maximum Gasteiger partial charge on any atom is 0.367 e. The molecule has 0 saturated carbocycles. The summed E-state index contributed by atoms with van der Waals surface area (Å²) in [5.41, 5.74) is 2.58. The average Bonchev–Trinajstić information content (AvgIpc) is 2.85. The average molecular weight is 311 g/mol. The second kappa shape index (κ2) is 7.32. The van der Waals surface area contributed by atoms with E-state index in [1.807, 2.05) is 6.07 Å². The van der Waals surface area contributed by atoms with Gasteiger partial charge < -0.3 is 14.3 Å². The van der Waals surface area contributed by atoms with Crippen LogP contribution < -0.4 is 9.47 Å². The molecular formula is C18H17NO4. The van der Waals surface area contributed by atoms with Crippen molar-refractivity contribution in [3.8, 4) is 23.8 Å². The van der Waals surface area contributed by atoms with Crippen molar-refractivity contribution < 1.29 is 19.1 Å². The molecule has 0 amide bonds. The molecule has 118 valence electrons. The van der Waals surface area contributed by atoms with Crippen LogP contribution in [0.15, 0.2) is 35.5 Å². The predicted molar refractivity (Wildman–Crippen MR) is 88.4 cm³/mol. The summed E-state index contributed by atoms with van der Waals surface area (Å²) in [6, 6.07) is 3.66. The fraction of sp³-hybridized carbons (Fsp3) is 0.222. The highest BCUT2D eigenvalue weighted by atomic mass is 16.7. The maximum atomic E-state index is 11.7. The van der Waals surface area contributed by atoms with Crippen molar-refractivity contribution >= 4 is 17.8 Å². The summed E-state index contributed by atoms with van der Waals surface area (Å²) < 4.78 is 11.0. The molecule has 0 bridgehead atoms. The quantitative estimate of drug-likeness (QED) is 0.351. The molecule has 0 N–H and O–H groups in total. The smallest absolute Gasteiger partial charge is 0.367 e. The normalized spacial score (nSPS) is 14.9. The SMILES string of the molecule is C#CCOc1c(CC=C)cc(/C=C2\C(=O)ON=C2C)cc1OC. The molecule has 0 aromatic heterocycles. The minimum atomic E-state index is -0.473. The Hall–Kier alpha value is -3.00. The number of hydrogen-bond acceptors (Lipinski definition) is 5. The van der Waals surface area contributed by atoms with Gasteiger partial charge in [0.25, 0.3) is 0 Å². The molecule has 0 atom stereocenters. The van der Waals surface area contributed by atoms with Crippen molar-refractivity contribution in [2.75, 3.05) is 13.7 Å². The van der Waals surface area contributed by atoms with Gasteiger partial charge in [-0.25, -0.2) is 4.79 Å². The van der Waals surface area contributed by atoms with E-state index in [9.17, 15) is 4.79 Å². The lowest BCUT2D eigenvalue weighted by Gasteiger charge is -2.14. The van der Waals surface area contributed by atoms with Gasteiger partial charge in [0.05, 0.1) is 18.4 Å². The number of nitrogens with zero attached hydrogens (tertiary/aromatic N) is 1. The summed E-state index contributed by atoms with van der Waals surface area (Å²) in [4.78, 5) is 16.3. The highest BCUT2D eigenvalue weighted by molar-refractivity contribution is 6.24. The van der Waals surface area contributed by atoms with E-state index in [4.69, 9.17) is 15.9 Å². The molecule has 5 heteroatoms. The summed E-state index contributed by atoms with van der Waals surface area (Å²) >= 11 is 0. The highest BCUT2D eigenvalue weighted by Gasteiger charge is 2.22. The number of allylic oxidation sites excluding steroid dienone is 1. The third kappa shape index (κ3) is 3.61. The van der Waals surface area contributed by atoms with Gasteiger partial charge in [0.1, 0.15) is 6.61 Å². The van der Waals surface area contributed by atoms with Crippen LogP contribution >= 0.6 is 0 Å². The number of oxime groups is 1. The lowest BCUT2D eigenvalue weighted by Crippen LogP contribution is -2.03. The second-order valence-corrected chi connectivity index (χ2v) is 4.81. The Morgan fingerprint density at radius 3 is 2.83 bits per heavy atom. The topological polar surface area (TPSA) is 57.1 Å². The number of benzene rings is 1. The Morgan fingerprint density at radius 1 is 1.48 bits per heavy atom. The molecule has 0 spiro atoms. The minimum Gasteiger partial charge on any atom is -0.493 e. The van der Waals surface area contributed by atoms with Gasteiger partial charge in [-0.05, 0) is 37.1 Å². The van der Waals surface area contributed by atoms with Crippen LogP contribution in [0.2, 0.25) is 0 Å². The first kappa shape index (κ1) is 16.4. The number of carbonyl (C=O) groups is 1. The van der Waals surface area contributed by atoms with Gasteiger partial charge >= 0.3 is 5.97 Å². The fourth-order valence-electron chi connectivity index (χ4n) is 2.19. The molecule has 0 aliphatic carbocycles. The van der Waals surface area contributed by atoms with Crippen molar-refractivity contribution in [3.63, 3.8) is 0 Å². The summed E-state index contributed by atoms with van der Waals surface area (Å²) in [6.07, 6.45) is 9.28. The van der Waals surface area contributed by atoms with Crippen LogP contribution in [-0.2, 0) is 16.1 Å². The lowest BCUT2D eigenvalue weighted by atomic mass is 10.0. The third-order valence-corrected chi connectivity index (χ3v) is 3.22. The minimum absolute atomic E-state index is 0.138. The van der Waals surface area contributed by atoms with Gasteiger partial charge in [-0.1, -0.05) is 17.2 Å². The Kier molecular flexibility index (Phi) is 5.21. The van der Waals surface area contributed by atoms with E-state index in [1.54, 1.807) is 32.3 Å². The molecule has 1 aromatic carbocycles. The van der Waals surface area contributed by atoms with Crippen molar-refractivity contribution in [2.24, 2.45) is 5.16 Å². The van der Waals surface area contributed by atoms with Crippen LogP contribution in [0.25, 0.3) is 6.08 Å². The van der Waals surface area contributed by atoms with E-state index in [-0.39, 0.29) is 6.61 Å². The van der Waals surface area contributed by atoms with Crippen LogP contribution in [0.1, 0.15) is 18.1 Å².